The first-order chi connectivity index (χ1) is 7.67. The highest BCUT2D eigenvalue weighted by Gasteiger charge is 2.11. The molecule has 0 radical (unpaired) electrons. The van der Waals surface area contributed by atoms with E-state index in [1.807, 2.05) is 19.1 Å². The van der Waals surface area contributed by atoms with E-state index in [-0.39, 0.29) is 5.91 Å². The summed E-state index contributed by atoms with van der Waals surface area (Å²) in [6.45, 7) is 3.25. The van der Waals surface area contributed by atoms with Gasteiger partial charge in [-0.2, -0.15) is 0 Å². The smallest absolute Gasteiger partial charge is 0.227 e. The molecule has 2 nitrogen and oxygen atoms in total. The van der Waals surface area contributed by atoms with Gasteiger partial charge >= 0.3 is 0 Å². The van der Waals surface area contributed by atoms with E-state index in [0.29, 0.717) is 30.4 Å². The lowest BCUT2D eigenvalue weighted by atomic mass is 10.1. The highest BCUT2D eigenvalue weighted by molar-refractivity contribution is 6.30. The molecule has 0 saturated carbocycles. The molecule has 0 spiro atoms. The van der Waals surface area contributed by atoms with Crippen molar-refractivity contribution in [2.45, 2.75) is 13.3 Å². The topological polar surface area (TPSA) is 20.3 Å². The van der Waals surface area contributed by atoms with Gasteiger partial charge in [-0.25, -0.2) is 0 Å². The fourth-order valence-corrected chi connectivity index (χ4v) is 1.78. The van der Waals surface area contributed by atoms with Crippen LogP contribution in [-0.4, -0.2) is 29.8 Å². The molecular weight excluding hydrogens is 245 g/mol. The number of hydrogen-bond donors (Lipinski definition) is 0. The number of hydrogen-bond acceptors (Lipinski definition) is 1. The summed E-state index contributed by atoms with van der Waals surface area (Å²) in [6, 6.07) is 7.33. The molecule has 0 heterocycles. The first-order valence-electron chi connectivity index (χ1n) is 5.25. The fraction of sp³-hybridized carbons (Fsp3) is 0.417. The minimum Gasteiger partial charge on any atom is -0.341 e. The molecule has 4 heteroatoms. The van der Waals surface area contributed by atoms with Gasteiger partial charge < -0.3 is 4.90 Å². The molecule has 0 N–H and O–H groups in total. The van der Waals surface area contributed by atoms with Crippen LogP contribution in [0.5, 0.6) is 0 Å². The van der Waals surface area contributed by atoms with Crippen molar-refractivity contribution in [1.82, 2.24) is 4.90 Å². The van der Waals surface area contributed by atoms with Crippen molar-refractivity contribution < 1.29 is 4.79 Å². The molecule has 1 amide bonds. The Labute approximate surface area is 106 Å². The van der Waals surface area contributed by atoms with Crippen LogP contribution < -0.4 is 0 Å². The molecule has 0 unspecified atom stereocenters. The third kappa shape index (κ3) is 4.03. The van der Waals surface area contributed by atoms with Crippen molar-refractivity contribution >= 4 is 29.1 Å². The molecule has 0 aliphatic carbocycles. The highest BCUT2D eigenvalue weighted by atomic mass is 35.5. The summed E-state index contributed by atoms with van der Waals surface area (Å²) >= 11 is 11.4. The largest absolute Gasteiger partial charge is 0.341 e. The maximum atomic E-state index is 11.9. The van der Waals surface area contributed by atoms with E-state index in [9.17, 15) is 4.79 Å². The molecule has 88 valence electrons. The number of halogens is 2. The van der Waals surface area contributed by atoms with Gasteiger partial charge in [0.15, 0.2) is 0 Å². The van der Waals surface area contributed by atoms with Crippen molar-refractivity contribution in [3.63, 3.8) is 0 Å². The van der Waals surface area contributed by atoms with E-state index in [2.05, 4.69) is 0 Å². The molecule has 0 aliphatic heterocycles. The van der Waals surface area contributed by atoms with E-state index in [1.54, 1.807) is 17.0 Å². The Kier molecular flexibility index (Phi) is 5.64. The number of amides is 1. The second-order valence-electron chi connectivity index (χ2n) is 3.47. The third-order valence-corrected chi connectivity index (χ3v) is 2.78. The average Bonchev–Trinajstić information content (AvgIpc) is 2.29. The lowest BCUT2D eigenvalue weighted by Gasteiger charge is -2.19. The molecule has 0 saturated heterocycles. The molecule has 1 aromatic rings. The Morgan fingerprint density at radius 3 is 2.44 bits per heavy atom. The van der Waals surface area contributed by atoms with Crippen molar-refractivity contribution in [2.24, 2.45) is 0 Å². The number of likely N-dealkylation sites (N-methyl/N-ethyl adjacent to an activating group) is 1. The predicted octanol–water partition coefficient (Wildman–Crippen LogP) is 2.97. The first kappa shape index (κ1) is 13.3. The number of alkyl halides is 1. The normalized spacial score (nSPS) is 10.2. The molecule has 1 aromatic carbocycles. The quantitative estimate of drug-likeness (QED) is 0.745. The molecule has 0 fully saturated rings. The van der Waals surface area contributed by atoms with Gasteiger partial charge in [-0.3, -0.25) is 4.79 Å². The lowest BCUT2D eigenvalue weighted by Crippen LogP contribution is -2.33. The summed E-state index contributed by atoms with van der Waals surface area (Å²) in [5.74, 6) is 0.575. The van der Waals surface area contributed by atoms with Crippen LogP contribution in [0.25, 0.3) is 0 Å². The van der Waals surface area contributed by atoms with E-state index < -0.39 is 0 Å². The number of nitrogens with zero attached hydrogens (tertiary/aromatic N) is 1. The molecule has 16 heavy (non-hydrogen) atoms. The molecule has 1 rings (SSSR count). The van der Waals surface area contributed by atoms with Gasteiger partial charge in [0, 0.05) is 24.0 Å². The van der Waals surface area contributed by atoms with Crippen LogP contribution >= 0.6 is 23.2 Å². The molecular formula is C12H15Cl2NO. The number of carbonyl (C=O) groups is 1. The van der Waals surface area contributed by atoms with Crippen LogP contribution in [0.15, 0.2) is 24.3 Å². The van der Waals surface area contributed by atoms with E-state index >= 15 is 0 Å². The Bertz CT molecular complexity index is 337. The van der Waals surface area contributed by atoms with Crippen molar-refractivity contribution in [3.05, 3.63) is 34.9 Å². The second kappa shape index (κ2) is 6.77. The van der Waals surface area contributed by atoms with Crippen LogP contribution in [0.4, 0.5) is 0 Å². The molecule has 0 bridgehead atoms. The Balaban J connectivity index is 2.59. The van der Waals surface area contributed by atoms with Crippen LogP contribution in [0, 0.1) is 0 Å². The maximum Gasteiger partial charge on any atom is 0.227 e. The summed E-state index contributed by atoms with van der Waals surface area (Å²) in [6.07, 6.45) is 0.405. The van der Waals surface area contributed by atoms with E-state index in [1.165, 1.54) is 0 Å². The summed E-state index contributed by atoms with van der Waals surface area (Å²) in [5, 5.41) is 0.685. The maximum absolute atomic E-state index is 11.9. The molecule has 0 aromatic heterocycles. The number of benzene rings is 1. The highest BCUT2D eigenvalue weighted by Crippen LogP contribution is 2.10. The summed E-state index contributed by atoms with van der Waals surface area (Å²) in [7, 11) is 0. The minimum atomic E-state index is 0.102. The molecule has 0 aliphatic rings. The lowest BCUT2D eigenvalue weighted by molar-refractivity contribution is -0.130. The zero-order valence-corrected chi connectivity index (χ0v) is 10.8. The van der Waals surface area contributed by atoms with Crippen LogP contribution in [0.3, 0.4) is 0 Å². The van der Waals surface area contributed by atoms with Gasteiger partial charge in [-0.15, -0.1) is 11.6 Å². The Hall–Kier alpha value is -0.730. The van der Waals surface area contributed by atoms with Gasteiger partial charge in [0.05, 0.1) is 6.42 Å². The first-order valence-corrected chi connectivity index (χ1v) is 6.16. The second-order valence-corrected chi connectivity index (χ2v) is 4.28. The monoisotopic (exact) mass is 259 g/mol. The summed E-state index contributed by atoms with van der Waals surface area (Å²) in [4.78, 5) is 13.6. The third-order valence-electron chi connectivity index (χ3n) is 2.36. The van der Waals surface area contributed by atoms with Gasteiger partial charge in [0.25, 0.3) is 0 Å². The van der Waals surface area contributed by atoms with Crippen molar-refractivity contribution in [1.29, 1.82) is 0 Å². The van der Waals surface area contributed by atoms with E-state index in [4.69, 9.17) is 23.2 Å². The summed E-state index contributed by atoms with van der Waals surface area (Å²) in [5.41, 5.74) is 0.974. The van der Waals surface area contributed by atoms with Gasteiger partial charge in [-0.05, 0) is 24.6 Å². The van der Waals surface area contributed by atoms with E-state index in [0.717, 1.165) is 5.56 Å². The van der Waals surface area contributed by atoms with Crippen LogP contribution in [0.1, 0.15) is 12.5 Å². The predicted molar refractivity (Wildman–Crippen MR) is 68.1 cm³/mol. The Morgan fingerprint density at radius 1 is 1.31 bits per heavy atom. The standard InChI is InChI=1S/C12H15Cl2NO/c1-2-15(8-7-13)12(16)9-10-3-5-11(14)6-4-10/h3-6H,2,7-9H2,1H3. The summed E-state index contributed by atoms with van der Waals surface area (Å²) < 4.78 is 0. The Morgan fingerprint density at radius 2 is 1.94 bits per heavy atom. The average molecular weight is 260 g/mol. The van der Waals surface area contributed by atoms with Crippen molar-refractivity contribution in [2.75, 3.05) is 19.0 Å². The SMILES string of the molecule is CCN(CCCl)C(=O)Cc1ccc(Cl)cc1. The van der Waals surface area contributed by atoms with Crippen LogP contribution in [0.2, 0.25) is 5.02 Å². The number of carbonyl (C=O) groups excluding carboxylic acids is 1. The van der Waals surface area contributed by atoms with Gasteiger partial charge in [0.2, 0.25) is 5.91 Å². The van der Waals surface area contributed by atoms with Gasteiger partial charge in [-0.1, -0.05) is 23.7 Å². The fourth-order valence-electron chi connectivity index (χ4n) is 1.45. The minimum absolute atomic E-state index is 0.102. The van der Waals surface area contributed by atoms with Crippen LogP contribution in [-0.2, 0) is 11.2 Å². The van der Waals surface area contributed by atoms with Crippen molar-refractivity contribution in [3.8, 4) is 0 Å². The van der Waals surface area contributed by atoms with Gasteiger partial charge in [0.1, 0.15) is 0 Å². The molecule has 0 atom stereocenters. The number of rotatable bonds is 5. The zero-order valence-electron chi connectivity index (χ0n) is 9.25. The zero-order chi connectivity index (χ0) is 12.0.